The molecule has 1 aromatic carbocycles. The lowest BCUT2D eigenvalue weighted by Gasteiger charge is -2.32. The summed E-state index contributed by atoms with van der Waals surface area (Å²) in [5.74, 6) is 1.18. The Hall–Kier alpha value is -0.770. The molecule has 0 radical (unpaired) electrons. The van der Waals surface area contributed by atoms with Crippen LogP contribution in [0.4, 0.5) is 0 Å². The zero-order valence-electron chi connectivity index (χ0n) is 12.5. The predicted octanol–water partition coefficient (Wildman–Crippen LogP) is 3.27. The number of nitrogens with one attached hydrogen (secondary N) is 1. The van der Waals surface area contributed by atoms with E-state index in [0.717, 1.165) is 47.8 Å². The molecule has 0 spiro atoms. The molecule has 1 aromatic rings. The number of hydrogen-bond donors (Lipinski definition) is 2. The number of rotatable bonds is 4. The van der Waals surface area contributed by atoms with Crippen LogP contribution in [0.2, 0.25) is 5.02 Å². The number of ether oxygens (including phenoxy) is 1. The molecule has 112 valence electrons. The summed E-state index contributed by atoms with van der Waals surface area (Å²) in [4.78, 5) is 0. The molecule has 0 amide bonds. The van der Waals surface area contributed by atoms with Crippen molar-refractivity contribution >= 4 is 11.6 Å². The van der Waals surface area contributed by atoms with Gasteiger partial charge in [-0.1, -0.05) is 25.4 Å². The van der Waals surface area contributed by atoms with E-state index in [1.165, 1.54) is 0 Å². The summed E-state index contributed by atoms with van der Waals surface area (Å²) >= 11 is 6.26. The predicted molar refractivity (Wildman–Crippen MR) is 82.8 cm³/mol. The van der Waals surface area contributed by atoms with E-state index in [-0.39, 0.29) is 0 Å². The van der Waals surface area contributed by atoms with Crippen molar-refractivity contribution in [3.63, 3.8) is 0 Å². The zero-order chi connectivity index (χ0) is 14.8. The molecular formula is C16H24ClNO2. The van der Waals surface area contributed by atoms with Crippen molar-refractivity contribution in [3.8, 4) is 5.75 Å². The highest BCUT2D eigenvalue weighted by Gasteiger charge is 2.30. The molecule has 3 nitrogen and oxygen atoms in total. The summed E-state index contributed by atoms with van der Waals surface area (Å²) in [6, 6.07) is 3.95. The standard InChI is InChI=1S/C16H24ClNO2/c1-11(2)13-9-15(12(3)8-14(13)17)20-10-16(19)4-6-18-7-5-16/h8-9,11,18-19H,4-7,10H2,1-3H3. The van der Waals surface area contributed by atoms with Gasteiger partial charge in [0.2, 0.25) is 0 Å². The highest BCUT2D eigenvalue weighted by Crippen LogP contribution is 2.32. The Morgan fingerprint density at radius 3 is 2.60 bits per heavy atom. The van der Waals surface area contributed by atoms with Crippen molar-refractivity contribution in [1.82, 2.24) is 5.32 Å². The first-order valence-corrected chi connectivity index (χ1v) is 7.65. The number of aliphatic hydroxyl groups is 1. The van der Waals surface area contributed by atoms with E-state index >= 15 is 0 Å². The molecular weight excluding hydrogens is 274 g/mol. The van der Waals surface area contributed by atoms with Crippen LogP contribution >= 0.6 is 11.6 Å². The van der Waals surface area contributed by atoms with Gasteiger partial charge in [-0.3, -0.25) is 0 Å². The van der Waals surface area contributed by atoms with Gasteiger partial charge in [0.05, 0.1) is 0 Å². The fraction of sp³-hybridized carbons (Fsp3) is 0.625. The first-order chi connectivity index (χ1) is 9.41. The minimum atomic E-state index is -0.713. The maximum absolute atomic E-state index is 10.5. The molecule has 1 fully saturated rings. The van der Waals surface area contributed by atoms with Crippen molar-refractivity contribution in [3.05, 3.63) is 28.3 Å². The Kier molecular flexibility index (Phi) is 4.95. The number of halogens is 1. The molecule has 1 aliphatic rings. The number of benzene rings is 1. The Labute approximate surface area is 126 Å². The Morgan fingerprint density at radius 2 is 2.00 bits per heavy atom. The topological polar surface area (TPSA) is 41.5 Å². The molecule has 20 heavy (non-hydrogen) atoms. The number of aryl methyl sites for hydroxylation is 1. The first-order valence-electron chi connectivity index (χ1n) is 7.27. The van der Waals surface area contributed by atoms with Gasteiger partial charge in [0.15, 0.2) is 0 Å². The average Bonchev–Trinajstić information content (AvgIpc) is 2.38. The maximum Gasteiger partial charge on any atom is 0.122 e. The molecule has 1 saturated heterocycles. The van der Waals surface area contributed by atoms with E-state index < -0.39 is 5.60 Å². The molecule has 2 rings (SSSR count). The highest BCUT2D eigenvalue weighted by atomic mass is 35.5. The molecule has 0 aromatic heterocycles. The third-order valence-corrected chi connectivity index (χ3v) is 4.27. The molecule has 0 unspecified atom stereocenters. The van der Waals surface area contributed by atoms with Gasteiger partial charge in [0.25, 0.3) is 0 Å². The molecule has 1 heterocycles. The lowest BCUT2D eigenvalue weighted by atomic mass is 9.93. The summed E-state index contributed by atoms with van der Waals surface area (Å²) in [7, 11) is 0. The Morgan fingerprint density at radius 1 is 1.35 bits per heavy atom. The lowest BCUT2D eigenvalue weighted by molar-refractivity contribution is -0.0287. The van der Waals surface area contributed by atoms with Crippen molar-refractivity contribution in [1.29, 1.82) is 0 Å². The number of hydrogen-bond acceptors (Lipinski definition) is 3. The van der Waals surface area contributed by atoms with Crippen LogP contribution in [0.3, 0.4) is 0 Å². The van der Waals surface area contributed by atoms with Crippen LogP contribution in [-0.4, -0.2) is 30.4 Å². The van der Waals surface area contributed by atoms with Gasteiger partial charge in [-0.2, -0.15) is 0 Å². The summed E-state index contributed by atoms with van der Waals surface area (Å²) < 4.78 is 5.89. The van der Waals surface area contributed by atoms with E-state index in [9.17, 15) is 5.11 Å². The molecule has 1 aliphatic heterocycles. The van der Waals surface area contributed by atoms with Crippen molar-refractivity contribution < 1.29 is 9.84 Å². The van der Waals surface area contributed by atoms with Crippen LogP contribution in [0.15, 0.2) is 12.1 Å². The highest BCUT2D eigenvalue weighted by molar-refractivity contribution is 6.31. The smallest absolute Gasteiger partial charge is 0.122 e. The molecule has 0 atom stereocenters. The van der Waals surface area contributed by atoms with Gasteiger partial charge in [-0.05, 0) is 62.0 Å². The summed E-state index contributed by atoms with van der Waals surface area (Å²) in [6.45, 7) is 8.24. The quantitative estimate of drug-likeness (QED) is 0.896. The van der Waals surface area contributed by atoms with Gasteiger partial charge in [-0.15, -0.1) is 0 Å². The fourth-order valence-electron chi connectivity index (χ4n) is 2.52. The largest absolute Gasteiger partial charge is 0.490 e. The third-order valence-electron chi connectivity index (χ3n) is 3.95. The lowest BCUT2D eigenvalue weighted by Crippen LogP contribution is -2.46. The Bertz CT molecular complexity index is 468. The second-order valence-electron chi connectivity index (χ2n) is 6.06. The maximum atomic E-state index is 10.5. The molecule has 4 heteroatoms. The SMILES string of the molecule is Cc1cc(Cl)c(C(C)C)cc1OCC1(O)CCNCC1. The first kappa shape index (κ1) is 15.6. The van der Waals surface area contributed by atoms with Gasteiger partial charge >= 0.3 is 0 Å². The van der Waals surface area contributed by atoms with Crippen LogP contribution in [0, 0.1) is 6.92 Å². The number of piperidine rings is 1. The van der Waals surface area contributed by atoms with Crippen LogP contribution in [-0.2, 0) is 0 Å². The van der Waals surface area contributed by atoms with Crippen molar-refractivity contribution in [2.75, 3.05) is 19.7 Å². The summed E-state index contributed by atoms with van der Waals surface area (Å²) in [6.07, 6.45) is 1.47. The van der Waals surface area contributed by atoms with E-state index in [1.54, 1.807) is 0 Å². The van der Waals surface area contributed by atoms with E-state index in [2.05, 4.69) is 19.2 Å². The second kappa shape index (κ2) is 6.33. The van der Waals surface area contributed by atoms with E-state index in [0.29, 0.717) is 12.5 Å². The van der Waals surface area contributed by atoms with Crippen molar-refractivity contribution in [2.24, 2.45) is 0 Å². The average molecular weight is 298 g/mol. The minimum absolute atomic E-state index is 0.342. The monoisotopic (exact) mass is 297 g/mol. The van der Waals surface area contributed by atoms with Gasteiger partial charge in [-0.25, -0.2) is 0 Å². The minimum Gasteiger partial charge on any atom is -0.490 e. The summed E-state index contributed by atoms with van der Waals surface area (Å²) in [5.41, 5.74) is 1.39. The van der Waals surface area contributed by atoms with Crippen LogP contribution in [0.25, 0.3) is 0 Å². The van der Waals surface area contributed by atoms with E-state index in [1.807, 2.05) is 19.1 Å². The van der Waals surface area contributed by atoms with Gasteiger partial charge < -0.3 is 15.2 Å². The van der Waals surface area contributed by atoms with Crippen LogP contribution in [0.5, 0.6) is 5.75 Å². The third kappa shape index (κ3) is 3.66. The molecule has 0 saturated carbocycles. The van der Waals surface area contributed by atoms with Crippen LogP contribution < -0.4 is 10.1 Å². The molecule has 0 aliphatic carbocycles. The molecule has 2 N–H and O–H groups in total. The molecule has 0 bridgehead atoms. The Balaban J connectivity index is 2.10. The van der Waals surface area contributed by atoms with Crippen LogP contribution in [0.1, 0.15) is 43.7 Å². The second-order valence-corrected chi connectivity index (χ2v) is 6.46. The van der Waals surface area contributed by atoms with Gasteiger partial charge in [0.1, 0.15) is 18.0 Å². The van der Waals surface area contributed by atoms with Gasteiger partial charge in [0, 0.05) is 5.02 Å². The fourth-order valence-corrected chi connectivity index (χ4v) is 2.95. The summed E-state index contributed by atoms with van der Waals surface area (Å²) in [5, 5.41) is 14.5. The van der Waals surface area contributed by atoms with Crippen molar-refractivity contribution in [2.45, 2.75) is 45.1 Å². The normalized spacial score (nSPS) is 18.3. The zero-order valence-corrected chi connectivity index (χ0v) is 13.3. The van der Waals surface area contributed by atoms with E-state index in [4.69, 9.17) is 16.3 Å².